The predicted molar refractivity (Wildman–Crippen MR) is 53.8 cm³/mol. The van der Waals surface area contributed by atoms with E-state index in [0.717, 1.165) is 10.6 Å². The highest BCUT2D eigenvalue weighted by atomic mass is 32.1. The van der Waals surface area contributed by atoms with Crippen LogP contribution in [0.3, 0.4) is 0 Å². The van der Waals surface area contributed by atoms with E-state index in [1.165, 1.54) is 11.3 Å². The van der Waals surface area contributed by atoms with Crippen molar-refractivity contribution in [3.05, 3.63) is 10.6 Å². The van der Waals surface area contributed by atoms with Crippen molar-refractivity contribution in [2.24, 2.45) is 0 Å². The number of aliphatic hydroxyl groups is 1. The highest BCUT2D eigenvalue weighted by Gasteiger charge is 2.10. The first-order chi connectivity index (χ1) is 6.63. The molecule has 0 saturated heterocycles. The van der Waals surface area contributed by atoms with Crippen molar-refractivity contribution < 1.29 is 15.0 Å². The largest absolute Gasteiger partial charge is 0.481 e. The molecular formula is C8H12N2O3S. The highest BCUT2D eigenvalue weighted by molar-refractivity contribution is 7.15. The van der Waals surface area contributed by atoms with Crippen LogP contribution in [-0.4, -0.2) is 34.3 Å². The molecule has 0 unspecified atom stereocenters. The molecule has 1 aromatic rings. The van der Waals surface area contributed by atoms with Crippen molar-refractivity contribution in [3.8, 4) is 0 Å². The molecule has 0 saturated carbocycles. The number of hydrogen-bond acceptors (Lipinski definition) is 5. The molecule has 0 atom stereocenters. The third-order valence-corrected chi connectivity index (χ3v) is 2.71. The Hall–Kier alpha value is -1.14. The van der Waals surface area contributed by atoms with Crippen molar-refractivity contribution in [2.45, 2.75) is 13.3 Å². The molecule has 6 heteroatoms. The fourth-order valence-corrected chi connectivity index (χ4v) is 1.95. The van der Waals surface area contributed by atoms with E-state index in [1.54, 1.807) is 6.92 Å². The second kappa shape index (κ2) is 4.92. The third-order valence-electron chi connectivity index (χ3n) is 1.59. The van der Waals surface area contributed by atoms with Gasteiger partial charge in [-0.3, -0.25) is 4.79 Å². The predicted octanol–water partition coefficient (Wildman–Crippen LogP) is 0.483. The number of nitrogens with one attached hydrogen (secondary N) is 1. The van der Waals surface area contributed by atoms with E-state index in [2.05, 4.69) is 10.3 Å². The quantitative estimate of drug-likeness (QED) is 0.667. The molecular weight excluding hydrogens is 204 g/mol. The molecule has 3 N–H and O–H groups in total. The van der Waals surface area contributed by atoms with Gasteiger partial charge in [0.1, 0.15) is 0 Å². The molecule has 1 heterocycles. The van der Waals surface area contributed by atoms with E-state index in [0.29, 0.717) is 11.7 Å². The van der Waals surface area contributed by atoms with Gasteiger partial charge >= 0.3 is 5.97 Å². The molecule has 0 aliphatic rings. The summed E-state index contributed by atoms with van der Waals surface area (Å²) in [5, 5.41) is 20.7. The molecule has 0 radical (unpaired) electrons. The molecule has 0 aliphatic heterocycles. The van der Waals surface area contributed by atoms with Gasteiger partial charge in [-0.1, -0.05) is 0 Å². The maximum atomic E-state index is 10.5. The second-order valence-corrected chi connectivity index (χ2v) is 3.83. The summed E-state index contributed by atoms with van der Waals surface area (Å²) >= 11 is 1.31. The molecule has 0 aliphatic carbocycles. The van der Waals surface area contributed by atoms with Crippen molar-refractivity contribution in [3.63, 3.8) is 0 Å². The lowest BCUT2D eigenvalue weighted by atomic mass is 10.3. The molecule has 0 aromatic carbocycles. The zero-order valence-corrected chi connectivity index (χ0v) is 8.60. The van der Waals surface area contributed by atoms with Crippen LogP contribution in [0.25, 0.3) is 0 Å². The average molecular weight is 216 g/mol. The summed E-state index contributed by atoms with van der Waals surface area (Å²) in [5.74, 6) is -0.856. The zero-order valence-electron chi connectivity index (χ0n) is 7.78. The van der Waals surface area contributed by atoms with Gasteiger partial charge in [-0.2, -0.15) is 0 Å². The van der Waals surface area contributed by atoms with Gasteiger partial charge in [0.2, 0.25) is 0 Å². The first-order valence-corrected chi connectivity index (χ1v) is 4.98. The van der Waals surface area contributed by atoms with Crippen molar-refractivity contribution in [1.82, 2.24) is 4.98 Å². The lowest BCUT2D eigenvalue weighted by Crippen LogP contribution is -2.04. The third kappa shape index (κ3) is 2.97. The van der Waals surface area contributed by atoms with E-state index in [1.807, 2.05) is 0 Å². The van der Waals surface area contributed by atoms with Gasteiger partial charge in [0.05, 0.1) is 18.7 Å². The first-order valence-electron chi connectivity index (χ1n) is 4.16. The minimum atomic E-state index is -0.856. The number of anilines is 1. The van der Waals surface area contributed by atoms with Crippen LogP contribution < -0.4 is 5.32 Å². The van der Waals surface area contributed by atoms with Crippen LogP contribution in [0.1, 0.15) is 10.6 Å². The number of carbonyl (C=O) groups is 1. The Labute approximate surface area is 85.4 Å². The number of aromatic nitrogens is 1. The van der Waals surface area contributed by atoms with Gasteiger partial charge in [-0.05, 0) is 6.92 Å². The summed E-state index contributed by atoms with van der Waals surface area (Å²) in [4.78, 5) is 15.3. The number of aliphatic carboxylic acids is 1. The number of aryl methyl sites for hydroxylation is 1. The van der Waals surface area contributed by atoms with E-state index in [-0.39, 0.29) is 13.0 Å². The first kappa shape index (κ1) is 10.9. The standard InChI is InChI=1S/C8H12N2O3S/c1-5-6(4-7(12)13)14-8(10-5)9-2-3-11/h11H,2-4H2,1H3,(H,9,10)(H,12,13). The summed E-state index contributed by atoms with van der Waals surface area (Å²) < 4.78 is 0. The summed E-state index contributed by atoms with van der Waals surface area (Å²) in [6, 6.07) is 0. The Bertz CT molecular complexity index is 324. The Morgan fingerprint density at radius 2 is 2.36 bits per heavy atom. The fraction of sp³-hybridized carbons (Fsp3) is 0.500. The maximum absolute atomic E-state index is 10.5. The Balaban J connectivity index is 2.66. The van der Waals surface area contributed by atoms with Crippen LogP contribution in [0, 0.1) is 6.92 Å². The molecule has 0 bridgehead atoms. The number of nitrogens with zero attached hydrogens (tertiary/aromatic N) is 1. The normalized spacial score (nSPS) is 10.1. The Morgan fingerprint density at radius 3 is 2.93 bits per heavy atom. The van der Waals surface area contributed by atoms with Crippen LogP contribution in [0.15, 0.2) is 0 Å². The summed E-state index contributed by atoms with van der Waals surface area (Å²) in [6.07, 6.45) is 0.00427. The molecule has 0 amide bonds. The smallest absolute Gasteiger partial charge is 0.308 e. The van der Waals surface area contributed by atoms with Crippen LogP contribution in [-0.2, 0) is 11.2 Å². The van der Waals surface area contributed by atoms with E-state index < -0.39 is 5.97 Å². The number of rotatable bonds is 5. The number of aliphatic hydroxyl groups excluding tert-OH is 1. The summed E-state index contributed by atoms with van der Waals surface area (Å²) in [5.41, 5.74) is 0.734. The van der Waals surface area contributed by atoms with E-state index >= 15 is 0 Å². The van der Waals surface area contributed by atoms with Gasteiger partial charge in [0, 0.05) is 11.4 Å². The zero-order chi connectivity index (χ0) is 10.6. The van der Waals surface area contributed by atoms with Gasteiger partial charge in [-0.25, -0.2) is 4.98 Å². The van der Waals surface area contributed by atoms with E-state index in [9.17, 15) is 4.79 Å². The lowest BCUT2D eigenvalue weighted by molar-refractivity contribution is -0.136. The average Bonchev–Trinajstić information content (AvgIpc) is 2.43. The summed E-state index contributed by atoms with van der Waals surface area (Å²) in [7, 11) is 0. The fourth-order valence-electron chi connectivity index (χ4n) is 0.968. The number of hydrogen-bond donors (Lipinski definition) is 3. The molecule has 14 heavy (non-hydrogen) atoms. The molecule has 0 fully saturated rings. The number of carboxylic acid groups (broad SMARTS) is 1. The number of carboxylic acids is 1. The molecule has 0 spiro atoms. The van der Waals surface area contributed by atoms with Gasteiger partial charge < -0.3 is 15.5 Å². The minimum Gasteiger partial charge on any atom is -0.481 e. The lowest BCUT2D eigenvalue weighted by Gasteiger charge is -1.95. The van der Waals surface area contributed by atoms with Crippen molar-refractivity contribution >= 4 is 22.4 Å². The SMILES string of the molecule is Cc1nc(NCCO)sc1CC(=O)O. The highest BCUT2D eigenvalue weighted by Crippen LogP contribution is 2.22. The molecule has 78 valence electrons. The van der Waals surface area contributed by atoms with Gasteiger partial charge in [0.15, 0.2) is 5.13 Å². The van der Waals surface area contributed by atoms with Crippen molar-refractivity contribution in [1.29, 1.82) is 0 Å². The minimum absolute atomic E-state index is 0.00427. The van der Waals surface area contributed by atoms with E-state index in [4.69, 9.17) is 10.2 Å². The Morgan fingerprint density at radius 1 is 1.64 bits per heavy atom. The second-order valence-electron chi connectivity index (χ2n) is 2.75. The molecule has 1 aromatic heterocycles. The van der Waals surface area contributed by atoms with Gasteiger partial charge in [0.25, 0.3) is 0 Å². The summed E-state index contributed by atoms with van der Waals surface area (Å²) in [6.45, 7) is 2.24. The topological polar surface area (TPSA) is 82.5 Å². The van der Waals surface area contributed by atoms with Crippen LogP contribution in [0.2, 0.25) is 0 Å². The van der Waals surface area contributed by atoms with Gasteiger partial charge in [-0.15, -0.1) is 11.3 Å². The van der Waals surface area contributed by atoms with Crippen molar-refractivity contribution in [2.75, 3.05) is 18.5 Å². The van der Waals surface area contributed by atoms with Crippen LogP contribution >= 0.6 is 11.3 Å². The monoisotopic (exact) mass is 216 g/mol. The molecule has 5 nitrogen and oxygen atoms in total. The Kier molecular flexibility index (Phi) is 3.84. The number of thiazole rings is 1. The van der Waals surface area contributed by atoms with Crippen LogP contribution in [0.5, 0.6) is 0 Å². The molecule has 1 rings (SSSR count). The maximum Gasteiger partial charge on any atom is 0.308 e. The van der Waals surface area contributed by atoms with Crippen LogP contribution in [0.4, 0.5) is 5.13 Å².